The number of carbonyl (C=O) groups is 3. The number of barbiturate groups is 1. The van der Waals surface area contributed by atoms with E-state index < -0.39 is 46.4 Å². The molecule has 0 bridgehead atoms. The van der Waals surface area contributed by atoms with Gasteiger partial charge in [-0.1, -0.05) is 18.2 Å². The van der Waals surface area contributed by atoms with Crippen molar-refractivity contribution in [2.24, 2.45) is 10.4 Å². The van der Waals surface area contributed by atoms with Crippen LogP contribution in [0.15, 0.2) is 63.1 Å². The van der Waals surface area contributed by atoms with Crippen molar-refractivity contribution in [3.63, 3.8) is 0 Å². The van der Waals surface area contributed by atoms with E-state index in [1.165, 1.54) is 0 Å². The summed E-state index contributed by atoms with van der Waals surface area (Å²) in [5.41, 5.74) is -0.614. The van der Waals surface area contributed by atoms with E-state index in [1.807, 2.05) is 46.3 Å². The minimum Gasteiger partial charge on any atom is -0.494 e. The van der Waals surface area contributed by atoms with Crippen LogP contribution in [0.25, 0.3) is 0 Å². The molecular weight excluding hydrogens is 506 g/mol. The van der Waals surface area contributed by atoms with Crippen LogP contribution in [-0.2, 0) is 16.0 Å². The highest BCUT2D eigenvalue weighted by atomic mass is 16.3. The normalized spacial score (nSPS) is 20.0. The van der Waals surface area contributed by atoms with Gasteiger partial charge < -0.3 is 14.9 Å². The number of benzene rings is 2. The Bertz CT molecular complexity index is 1640. The number of H-pyrrole nitrogens is 2. The van der Waals surface area contributed by atoms with Crippen molar-refractivity contribution in [1.29, 1.82) is 0 Å². The largest absolute Gasteiger partial charge is 0.494 e. The first-order valence-electron chi connectivity index (χ1n) is 12.2. The highest BCUT2D eigenvalue weighted by Crippen LogP contribution is 2.45. The molecule has 1 aromatic heterocycles. The predicted octanol–water partition coefficient (Wildman–Crippen LogP) is 0.123. The highest BCUT2D eigenvalue weighted by Gasteiger charge is 2.60. The highest BCUT2D eigenvalue weighted by molar-refractivity contribution is 6.20. The van der Waals surface area contributed by atoms with Gasteiger partial charge in [0.2, 0.25) is 17.7 Å². The molecule has 198 valence electrons. The third kappa shape index (κ3) is 3.95. The van der Waals surface area contributed by atoms with Crippen molar-refractivity contribution in [3.05, 3.63) is 80.5 Å². The summed E-state index contributed by atoms with van der Waals surface area (Å²) in [6.07, 6.45) is 1.13. The standard InChI is InChI=1S/C26H23N7O6/c34-20-17(21(35)29-24(38)28-20)12-27-15-6-7-18-14(10-15)11-26(22(36)30-25(39)31-23(26)37)19-13-32(8-9-33(18)19)16-4-2-1-3-5-16/h1-7,10,12,19H,8-9,11,13H2,(H3,28,29,34,35,38)(H2,30,31,36,37,39)/t19-/m0/s1. The van der Waals surface area contributed by atoms with Gasteiger partial charge in [-0.05, 0) is 42.3 Å². The quantitative estimate of drug-likeness (QED) is 0.234. The van der Waals surface area contributed by atoms with Gasteiger partial charge >= 0.3 is 11.7 Å². The topological polar surface area (TPSA) is 180 Å². The SMILES string of the molecule is O=C1NC(=O)C2(Cc3cc(N=Cc4c(O)[nH]c(=O)[nH]c4=O)ccc3N3CCN(c4ccccc4)C[C@H]32)C(=O)N1. The van der Waals surface area contributed by atoms with Gasteiger partial charge in [-0.15, -0.1) is 0 Å². The lowest BCUT2D eigenvalue weighted by atomic mass is 9.68. The van der Waals surface area contributed by atoms with Gasteiger partial charge in [0.25, 0.3) is 5.56 Å². The lowest BCUT2D eigenvalue weighted by Gasteiger charge is -2.54. The van der Waals surface area contributed by atoms with Crippen LogP contribution in [0.4, 0.5) is 21.9 Å². The van der Waals surface area contributed by atoms with E-state index in [1.54, 1.807) is 12.1 Å². The summed E-state index contributed by atoms with van der Waals surface area (Å²) in [6.45, 7) is 1.55. The molecule has 2 fully saturated rings. The molecule has 1 atom stereocenters. The number of fused-ring (bicyclic) bond motifs is 4. The maximum atomic E-state index is 13.4. The number of amides is 4. The first-order chi connectivity index (χ1) is 18.8. The fourth-order valence-electron chi connectivity index (χ4n) is 5.63. The summed E-state index contributed by atoms with van der Waals surface area (Å²) in [5, 5.41) is 14.5. The fraction of sp³-hybridized carbons (Fsp3) is 0.231. The third-order valence-electron chi connectivity index (χ3n) is 7.48. The zero-order valence-corrected chi connectivity index (χ0v) is 20.4. The maximum absolute atomic E-state index is 13.4. The number of nitrogens with zero attached hydrogens (tertiary/aromatic N) is 3. The van der Waals surface area contributed by atoms with Crippen LogP contribution in [0.3, 0.4) is 0 Å². The zero-order chi connectivity index (χ0) is 27.3. The Balaban J connectivity index is 1.40. The molecule has 13 heteroatoms. The second-order valence-corrected chi connectivity index (χ2v) is 9.62. The third-order valence-corrected chi connectivity index (χ3v) is 7.48. The lowest BCUT2D eigenvalue weighted by molar-refractivity contribution is -0.146. The zero-order valence-electron chi connectivity index (χ0n) is 20.4. The van der Waals surface area contributed by atoms with Crippen molar-refractivity contribution in [3.8, 4) is 5.88 Å². The van der Waals surface area contributed by atoms with Gasteiger partial charge in [0.1, 0.15) is 5.56 Å². The van der Waals surface area contributed by atoms with Gasteiger partial charge in [-0.25, -0.2) is 9.59 Å². The molecule has 6 rings (SSSR count). The molecule has 3 aliphatic heterocycles. The molecule has 1 spiro atoms. The fourth-order valence-corrected chi connectivity index (χ4v) is 5.63. The first kappa shape index (κ1) is 24.2. The van der Waals surface area contributed by atoms with E-state index in [0.29, 0.717) is 30.9 Å². The van der Waals surface area contributed by atoms with Crippen molar-refractivity contribution in [2.45, 2.75) is 12.5 Å². The number of urea groups is 1. The van der Waals surface area contributed by atoms with Crippen LogP contribution >= 0.6 is 0 Å². The number of rotatable bonds is 3. The number of aromatic amines is 2. The molecule has 0 saturated carbocycles. The van der Waals surface area contributed by atoms with Gasteiger partial charge in [-0.2, -0.15) is 0 Å². The number of hydrogen-bond donors (Lipinski definition) is 5. The summed E-state index contributed by atoms with van der Waals surface area (Å²) < 4.78 is 0. The number of aromatic nitrogens is 2. The Kier molecular flexibility index (Phi) is 5.56. The van der Waals surface area contributed by atoms with Gasteiger partial charge in [0.05, 0.1) is 11.7 Å². The summed E-state index contributed by atoms with van der Waals surface area (Å²) >= 11 is 0. The Labute approximate surface area is 220 Å². The van der Waals surface area contributed by atoms with E-state index in [4.69, 9.17) is 0 Å². The van der Waals surface area contributed by atoms with Gasteiger partial charge in [0.15, 0.2) is 5.41 Å². The maximum Gasteiger partial charge on any atom is 0.328 e. The summed E-state index contributed by atoms with van der Waals surface area (Å²) in [5.74, 6) is -1.94. The molecule has 4 amide bonds. The molecule has 0 aliphatic carbocycles. The van der Waals surface area contributed by atoms with Gasteiger partial charge in [0, 0.05) is 37.2 Å². The number of nitrogens with one attached hydrogen (secondary N) is 4. The molecule has 13 nitrogen and oxygen atoms in total. The number of imide groups is 2. The van der Waals surface area contributed by atoms with Crippen molar-refractivity contribution in [2.75, 3.05) is 29.4 Å². The monoisotopic (exact) mass is 529 g/mol. The Morgan fingerprint density at radius 3 is 2.41 bits per heavy atom. The minimum absolute atomic E-state index is 0.0188. The Morgan fingerprint density at radius 1 is 0.949 bits per heavy atom. The molecular formula is C26H23N7O6. The van der Waals surface area contributed by atoms with Crippen LogP contribution in [0.5, 0.6) is 5.88 Å². The number of hydrogen-bond acceptors (Lipinski definition) is 9. The molecule has 3 aromatic rings. The smallest absolute Gasteiger partial charge is 0.328 e. The number of para-hydroxylation sites is 1. The second-order valence-electron chi connectivity index (χ2n) is 9.62. The van der Waals surface area contributed by atoms with E-state index in [2.05, 4.69) is 25.5 Å². The Morgan fingerprint density at radius 2 is 1.69 bits per heavy atom. The van der Waals surface area contributed by atoms with Gasteiger partial charge in [-0.3, -0.25) is 40.0 Å². The number of aliphatic imine (C=N–C) groups is 1. The minimum atomic E-state index is -1.58. The lowest BCUT2D eigenvalue weighted by Crippen LogP contribution is -2.74. The number of anilines is 2. The molecule has 4 heterocycles. The number of carbonyl (C=O) groups excluding carboxylic acids is 3. The molecule has 2 saturated heterocycles. The van der Waals surface area contributed by atoms with E-state index in [-0.39, 0.29) is 12.0 Å². The van der Waals surface area contributed by atoms with Crippen molar-refractivity contribution >= 4 is 41.1 Å². The van der Waals surface area contributed by atoms with Crippen LogP contribution in [0, 0.1) is 5.41 Å². The van der Waals surface area contributed by atoms with Crippen LogP contribution in [0.2, 0.25) is 0 Å². The Hall–Kier alpha value is -5.20. The first-order valence-corrected chi connectivity index (χ1v) is 12.2. The molecule has 0 unspecified atom stereocenters. The van der Waals surface area contributed by atoms with Crippen LogP contribution < -0.4 is 31.7 Å². The molecule has 0 radical (unpaired) electrons. The summed E-state index contributed by atoms with van der Waals surface area (Å²) in [7, 11) is 0. The molecule has 2 aromatic carbocycles. The average molecular weight is 530 g/mol. The van der Waals surface area contributed by atoms with E-state index >= 15 is 0 Å². The average Bonchev–Trinajstić information content (AvgIpc) is 2.91. The number of piperazine rings is 1. The summed E-state index contributed by atoms with van der Waals surface area (Å²) in [4.78, 5) is 74.7. The predicted molar refractivity (Wildman–Crippen MR) is 141 cm³/mol. The molecule has 39 heavy (non-hydrogen) atoms. The van der Waals surface area contributed by atoms with Crippen molar-refractivity contribution < 1.29 is 19.5 Å². The van der Waals surface area contributed by atoms with Crippen LogP contribution in [-0.4, -0.2) is 64.8 Å². The molecule has 5 N–H and O–H groups in total. The van der Waals surface area contributed by atoms with Crippen molar-refractivity contribution in [1.82, 2.24) is 20.6 Å². The summed E-state index contributed by atoms with van der Waals surface area (Å²) in [6, 6.07) is 13.5. The molecule has 3 aliphatic rings. The number of aromatic hydroxyl groups is 1. The van der Waals surface area contributed by atoms with E-state index in [9.17, 15) is 29.1 Å². The van der Waals surface area contributed by atoms with E-state index in [0.717, 1.165) is 17.6 Å². The van der Waals surface area contributed by atoms with Crippen LogP contribution in [0.1, 0.15) is 11.1 Å². The second kappa shape index (κ2) is 8.97.